The molecule has 0 saturated carbocycles. The second-order valence-electron chi connectivity index (χ2n) is 8.46. The Hall–Kier alpha value is -1.74. The van der Waals surface area contributed by atoms with Crippen molar-refractivity contribution in [2.45, 2.75) is 49.9 Å². The molecule has 0 spiro atoms. The zero-order chi connectivity index (χ0) is 23.3. The number of aliphatic hydroxyl groups is 3. The Morgan fingerprint density at radius 2 is 1.88 bits per heavy atom. The van der Waals surface area contributed by atoms with Gasteiger partial charge in [-0.3, -0.25) is 0 Å². The molecule has 2 aromatic rings. The first-order valence-electron chi connectivity index (χ1n) is 10.5. The summed E-state index contributed by atoms with van der Waals surface area (Å²) in [5.74, 6) is 0.552. The molecular weight excluding hydrogens is 439 g/mol. The maximum absolute atomic E-state index is 14.2. The van der Waals surface area contributed by atoms with E-state index in [1.54, 1.807) is 24.3 Å². The number of methoxy groups -OCH3 is 1. The van der Waals surface area contributed by atoms with Gasteiger partial charge in [0.1, 0.15) is 24.6 Å². The van der Waals surface area contributed by atoms with Crippen LogP contribution >= 0.6 is 11.6 Å². The summed E-state index contributed by atoms with van der Waals surface area (Å²) in [5.41, 5.74) is 0.894. The zero-order valence-corrected chi connectivity index (χ0v) is 19.0. The van der Waals surface area contributed by atoms with Crippen molar-refractivity contribution in [3.05, 3.63) is 64.2 Å². The third kappa shape index (κ3) is 6.41. The van der Waals surface area contributed by atoms with Gasteiger partial charge in [-0.25, -0.2) is 4.39 Å². The Kier molecular flexibility index (Phi) is 8.49. The van der Waals surface area contributed by atoms with Gasteiger partial charge >= 0.3 is 0 Å². The summed E-state index contributed by atoms with van der Waals surface area (Å²) in [7, 11) is 1.45. The Labute approximate surface area is 192 Å². The molecule has 1 aliphatic rings. The lowest BCUT2D eigenvalue weighted by molar-refractivity contribution is -0.179. The summed E-state index contributed by atoms with van der Waals surface area (Å²) >= 11 is 6.40. The predicted molar refractivity (Wildman–Crippen MR) is 119 cm³/mol. The van der Waals surface area contributed by atoms with Gasteiger partial charge in [0.15, 0.2) is 5.67 Å². The fraction of sp³-hybridized carbons (Fsp3) is 0.500. The van der Waals surface area contributed by atoms with E-state index in [0.29, 0.717) is 22.8 Å². The first kappa shape index (κ1) is 24.9. The standard InChI is InChI=1S/C24H30ClFO6/c1-24(26,13-30-2)14-31-18-6-3-15(4-7-18)9-17-10-16(5-8-20(17)25)23-22(29)21(28)11-19(12-27)32-23/h3-8,10,19,21-23,27-29H,9,11-14H2,1-2H3/t19-,21-,22+,23-,24?/m0/s1. The van der Waals surface area contributed by atoms with E-state index in [4.69, 9.17) is 25.8 Å². The molecule has 8 heteroatoms. The highest BCUT2D eigenvalue weighted by molar-refractivity contribution is 6.31. The van der Waals surface area contributed by atoms with E-state index in [0.717, 1.165) is 11.1 Å². The van der Waals surface area contributed by atoms with Crippen LogP contribution in [0.3, 0.4) is 0 Å². The van der Waals surface area contributed by atoms with Crippen molar-refractivity contribution < 1.29 is 33.9 Å². The number of rotatable bonds is 9. The molecule has 2 aromatic carbocycles. The number of ether oxygens (including phenoxy) is 3. The molecule has 5 atom stereocenters. The summed E-state index contributed by atoms with van der Waals surface area (Å²) in [6.45, 7) is 1.03. The van der Waals surface area contributed by atoms with Crippen LogP contribution in [0.1, 0.15) is 36.1 Å². The van der Waals surface area contributed by atoms with E-state index in [1.165, 1.54) is 14.0 Å². The minimum absolute atomic E-state index is 0.0462. The number of aliphatic hydroxyl groups excluding tert-OH is 3. The molecule has 0 aromatic heterocycles. The molecule has 1 heterocycles. The van der Waals surface area contributed by atoms with E-state index in [2.05, 4.69) is 0 Å². The fourth-order valence-corrected chi connectivity index (χ4v) is 3.94. The van der Waals surface area contributed by atoms with Crippen molar-refractivity contribution in [2.75, 3.05) is 26.9 Å². The van der Waals surface area contributed by atoms with Crippen LogP contribution in [0.2, 0.25) is 5.02 Å². The first-order valence-corrected chi connectivity index (χ1v) is 10.9. The van der Waals surface area contributed by atoms with Gasteiger partial charge in [0.05, 0.1) is 25.4 Å². The van der Waals surface area contributed by atoms with Crippen molar-refractivity contribution in [3.8, 4) is 5.75 Å². The second-order valence-corrected chi connectivity index (χ2v) is 8.87. The van der Waals surface area contributed by atoms with Crippen LogP contribution in [-0.4, -0.2) is 66.2 Å². The third-order valence-electron chi connectivity index (χ3n) is 5.45. The molecule has 1 fully saturated rings. The summed E-state index contributed by atoms with van der Waals surface area (Å²) in [5, 5.41) is 30.5. The number of hydrogen-bond acceptors (Lipinski definition) is 6. The van der Waals surface area contributed by atoms with Crippen molar-refractivity contribution >= 4 is 11.6 Å². The maximum atomic E-state index is 14.2. The molecule has 176 valence electrons. The van der Waals surface area contributed by atoms with Crippen molar-refractivity contribution in [1.29, 1.82) is 0 Å². The smallest absolute Gasteiger partial charge is 0.165 e. The van der Waals surface area contributed by atoms with E-state index < -0.39 is 30.1 Å². The number of benzene rings is 2. The summed E-state index contributed by atoms with van der Waals surface area (Å²) in [6.07, 6.45) is -2.68. The van der Waals surface area contributed by atoms with Crippen LogP contribution in [0.5, 0.6) is 5.75 Å². The van der Waals surface area contributed by atoms with Crippen LogP contribution in [0.15, 0.2) is 42.5 Å². The largest absolute Gasteiger partial charge is 0.490 e. The lowest BCUT2D eigenvalue weighted by Crippen LogP contribution is -2.44. The molecule has 3 N–H and O–H groups in total. The molecule has 32 heavy (non-hydrogen) atoms. The quantitative estimate of drug-likeness (QED) is 0.523. The van der Waals surface area contributed by atoms with E-state index >= 15 is 0 Å². The van der Waals surface area contributed by atoms with Crippen molar-refractivity contribution in [2.24, 2.45) is 0 Å². The lowest BCUT2D eigenvalue weighted by atomic mass is 9.91. The second kappa shape index (κ2) is 10.9. The fourth-order valence-electron chi connectivity index (χ4n) is 3.75. The minimum Gasteiger partial charge on any atom is -0.490 e. The van der Waals surface area contributed by atoms with Gasteiger partial charge in [-0.2, -0.15) is 0 Å². The molecule has 3 rings (SSSR count). The summed E-state index contributed by atoms with van der Waals surface area (Å²) < 4.78 is 30.3. The minimum atomic E-state index is -1.57. The molecule has 0 aliphatic carbocycles. The Balaban J connectivity index is 1.70. The Morgan fingerprint density at radius 1 is 1.16 bits per heavy atom. The van der Waals surface area contributed by atoms with Gasteiger partial charge in [0, 0.05) is 18.6 Å². The van der Waals surface area contributed by atoms with Gasteiger partial charge in [0.25, 0.3) is 0 Å². The van der Waals surface area contributed by atoms with Crippen LogP contribution in [0.25, 0.3) is 0 Å². The molecule has 0 amide bonds. The van der Waals surface area contributed by atoms with Gasteiger partial charge in [-0.05, 0) is 48.2 Å². The Morgan fingerprint density at radius 3 is 2.53 bits per heavy atom. The summed E-state index contributed by atoms with van der Waals surface area (Å²) in [4.78, 5) is 0. The predicted octanol–water partition coefficient (Wildman–Crippen LogP) is 3.23. The average Bonchev–Trinajstić information content (AvgIpc) is 2.76. The molecule has 1 aliphatic heterocycles. The van der Waals surface area contributed by atoms with Crippen LogP contribution < -0.4 is 4.74 Å². The van der Waals surface area contributed by atoms with E-state index in [1.807, 2.05) is 18.2 Å². The normalized spacial score (nSPS) is 25.3. The highest BCUT2D eigenvalue weighted by Gasteiger charge is 2.37. The van der Waals surface area contributed by atoms with E-state index in [9.17, 15) is 19.7 Å². The topological polar surface area (TPSA) is 88.4 Å². The SMILES string of the molecule is COCC(C)(F)COc1ccc(Cc2cc([C@@H]3O[C@H](CO)C[C@H](O)[C@H]3O)ccc2Cl)cc1. The molecule has 1 saturated heterocycles. The molecular formula is C24H30ClFO6. The highest BCUT2D eigenvalue weighted by atomic mass is 35.5. The van der Waals surface area contributed by atoms with Crippen LogP contribution in [-0.2, 0) is 15.9 Å². The monoisotopic (exact) mass is 468 g/mol. The zero-order valence-electron chi connectivity index (χ0n) is 18.2. The molecule has 0 radical (unpaired) electrons. The maximum Gasteiger partial charge on any atom is 0.165 e. The van der Waals surface area contributed by atoms with Crippen LogP contribution in [0, 0.1) is 0 Å². The van der Waals surface area contributed by atoms with Gasteiger partial charge in [0.2, 0.25) is 0 Å². The number of hydrogen-bond donors (Lipinski definition) is 3. The van der Waals surface area contributed by atoms with Gasteiger partial charge in [-0.15, -0.1) is 0 Å². The number of alkyl halides is 1. The first-order chi connectivity index (χ1) is 15.2. The molecule has 1 unspecified atom stereocenters. The summed E-state index contributed by atoms with van der Waals surface area (Å²) in [6, 6.07) is 12.6. The van der Waals surface area contributed by atoms with E-state index in [-0.39, 0.29) is 26.2 Å². The van der Waals surface area contributed by atoms with Gasteiger partial charge < -0.3 is 29.5 Å². The van der Waals surface area contributed by atoms with Crippen molar-refractivity contribution in [3.63, 3.8) is 0 Å². The highest BCUT2D eigenvalue weighted by Crippen LogP contribution is 2.34. The molecule has 6 nitrogen and oxygen atoms in total. The lowest BCUT2D eigenvalue weighted by Gasteiger charge is -2.37. The van der Waals surface area contributed by atoms with Gasteiger partial charge in [-0.1, -0.05) is 35.9 Å². The Bertz CT molecular complexity index is 875. The van der Waals surface area contributed by atoms with Crippen LogP contribution in [0.4, 0.5) is 4.39 Å². The average molecular weight is 469 g/mol. The van der Waals surface area contributed by atoms with Crippen molar-refractivity contribution in [1.82, 2.24) is 0 Å². The molecule has 0 bridgehead atoms. The number of halogens is 2. The third-order valence-corrected chi connectivity index (χ3v) is 5.82.